The molecule has 4 aliphatic carbocycles. The Hall–Kier alpha value is -0.870. The first kappa shape index (κ1) is 16.0. The number of hydrogen-bond acceptors (Lipinski definition) is 5. The zero-order chi connectivity index (χ0) is 16.6. The van der Waals surface area contributed by atoms with E-state index in [1.54, 1.807) is 0 Å². The van der Waals surface area contributed by atoms with Crippen LogP contribution < -0.4 is 5.11 Å². The molecule has 4 aliphatic rings. The first-order valence-electron chi connectivity index (χ1n) is 6.82. The molecule has 0 heterocycles. The molecule has 0 aromatic rings. The fourth-order valence-electron chi connectivity index (χ4n) is 4.83. The van der Waals surface area contributed by atoms with Crippen molar-refractivity contribution >= 4 is 15.9 Å². The Balaban J connectivity index is 2.01. The second kappa shape index (κ2) is 4.15. The quantitative estimate of drug-likeness (QED) is 0.544. The summed E-state index contributed by atoms with van der Waals surface area (Å²) in [6, 6.07) is 0. The highest BCUT2D eigenvalue weighted by molar-refractivity contribution is 7.91. The van der Waals surface area contributed by atoms with E-state index in [1.165, 1.54) is 0 Å². The van der Waals surface area contributed by atoms with Crippen molar-refractivity contribution in [2.75, 3.05) is 0 Å². The molecule has 2 N–H and O–H groups in total. The second-order valence-corrected chi connectivity index (χ2v) is 8.65. The smallest absolute Gasteiger partial charge is 0.518 e. The lowest BCUT2D eigenvalue weighted by atomic mass is 9.46. The molecule has 0 saturated heterocycles. The maximum absolute atomic E-state index is 12.4. The summed E-state index contributed by atoms with van der Waals surface area (Å²) >= 11 is 0. The van der Waals surface area contributed by atoms with E-state index in [1.807, 2.05) is 0 Å². The third-order valence-electron chi connectivity index (χ3n) is 4.96. The Labute approximate surface area is 124 Å². The summed E-state index contributed by atoms with van der Waals surface area (Å²) in [4.78, 5) is 0. The van der Waals surface area contributed by atoms with Gasteiger partial charge in [-0.1, -0.05) is 0 Å². The SMILES string of the molecule is O=S(=O)(/N=C(\[O-])C12CC3CC(O)(CC(O)(C3)C1)C2)C(F)(F)F. The van der Waals surface area contributed by atoms with Gasteiger partial charge in [-0.3, -0.25) is 0 Å². The van der Waals surface area contributed by atoms with Crippen molar-refractivity contribution in [2.24, 2.45) is 15.7 Å². The number of halogens is 3. The maximum atomic E-state index is 12.4. The third kappa shape index (κ3) is 2.31. The number of hydrogen-bond donors (Lipinski definition) is 2. The minimum Gasteiger partial charge on any atom is -0.861 e. The average Bonchev–Trinajstić information content (AvgIpc) is 2.20. The van der Waals surface area contributed by atoms with E-state index in [9.17, 15) is 36.9 Å². The third-order valence-corrected chi connectivity index (χ3v) is 5.95. The van der Waals surface area contributed by atoms with Gasteiger partial charge in [0.25, 0.3) is 0 Å². The summed E-state index contributed by atoms with van der Waals surface area (Å²) in [7, 11) is -5.92. The Morgan fingerprint density at radius 2 is 1.59 bits per heavy atom. The van der Waals surface area contributed by atoms with Gasteiger partial charge in [0.2, 0.25) is 0 Å². The lowest BCUT2D eigenvalue weighted by Crippen LogP contribution is -2.66. The molecule has 2 atom stereocenters. The molecule has 4 saturated carbocycles. The monoisotopic (exact) mass is 342 g/mol. The minimum absolute atomic E-state index is 0.0531. The molecule has 0 radical (unpaired) electrons. The summed E-state index contributed by atoms with van der Waals surface area (Å²) in [5, 5.41) is 33.0. The topological polar surface area (TPSA) is 110 Å². The van der Waals surface area contributed by atoms with Crippen LogP contribution in [0.4, 0.5) is 13.2 Å². The van der Waals surface area contributed by atoms with Crippen molar-refractivity contribution in [1.29, 1.82) is 0 Å². The minimum atomic E-state index is -5.92. The average molecular weight is 342 g/mol. The molecule has 2 unspecified atom stereocenters. The van der Waals surface area contributed by atoms with Crippen LogP contribution in [0.15, 0.2) is 4.40 Å². The van der Waals surface area contributed by atoms with Gasteiger partial charge < -0.3 is 15.3 Å². The van der Waals surface area contributed by atoms with Gasteiger partial charge in [0.15, 0.2) is 0 Å². The van der Waals surface area contributed by atoms with E-state index in [-0.39, 0.29) is 31.6 Å². The number of rotatable bonds is 2. The van der Waals surface area contributed by atoms with Gasteiger partial charge in [-0.15, -0.1) is 0 Å². The summed E-state index contributed by atoms with van der Waals surface area (Å²) in [6.45, 7) is 0. The van der Waals surface area contributed by atoms with Crippen LogP contribution in [0.2, 0.25) is 0 Å². The second-order valence-electron chi connectivity index (χ2n) is 7.05. The van der Waals surface area contributed by atoms with Crippen molar-refractivity contribution in [3.63, 3.8) is 0 Å². The predicted octanol–water partition coefficient (Wildman–Crippen LogP) is 0.0410. The standard InChI is InChI=1S/C12H16F3NO5S/c13-12(14,15)22(20,21)16-8(17)9-1-7-2-10(18,4-9)6-11(19,3-7)5-9/h7,18-19H,1-6H2,(H,16,17)/p-1. The van der Waals surface area contributed by atoms with Gasteiger partial charge >= 0.3 is 15.5 Å². The molecule has 0 amide bonds. The summed E-state index contributed by atoms with van der Waals surface area (Å²) in [6.07, 6.45) is 0.598. The summed E-state index contributed by atoms with van der Waals surface area (Å²) in [5.74, 6) is -1.63. The van der Waals surface area contributed by atoms with Crippen LogP contribution in [0.1, 0.15) is 38.5 Å². The highest BCUT2D eigenvalue weighted by Gasteiger charge is 2.63. The fraction of sp³-hybridized carbons (Fsp3) is 0.917. The molecule has 126 valence electrons. The zero-order valence-electron chi connectivity index (χ0n) is 11.4. The summed E-state index contributed by atoms with van der Waals surface area (Å²) in [5.41, 5.74) is -9.86. The number of aliphatic hydroxyl groups is 2. The van der Waals surface area contributed by atoms with E-state index in [2.05, 4.69) is 4.40 Å². The van der Waals surface area contributed by atoms with E-state index >= 15 is 0 Å². The van der Waals surface area contributed by atoms with Crippen LogP contribution in [0.25, 0.3) is 0 Å². The maximum Gasteiger partial charge on any atom is 0.518 e. The molecule has 0 spiro atoms. The van der Waals surface area contributed by atoms with Crippen molar-refractivity contribution in [3.8, 4) is 0 Å². The molecule has 22 heavy (non-hydrogen) atoms. The molecular formula is C12H15F3NO5S-. The van der Waals surface area contributed by atoms with Gasteiger partial charge in [0.1, 0.15) is 0 Å². The molecule has 4 rings (SSSR count). The molecule has 0 aromatic carbocycles. The van der Waals surface area contributed by atoms with Crippen molar-refractivity contribution < 1.29 is 36.9 Å². The van der Waals surface area contributed by atoms with Gasteiger partial charge in [0, 0.05) is 11.8 Å². The molecule has 6 nitrogen and oxygen atoms in total. The zero-order valence-corrected chi connectivity index (χ0v) is 12.2. The highest BCUT2D eigenvalue weighted by Crippen LogP contribution is 2.63. The Morgan fingerprint density at radius 3 is 2.00 bits per heavy atom. The molecule has 0 aliphatic heterocycles. The molecule has 4 bridgehead atoms. The van der Waals surface area contributed by atoms with Gasteiger partial charge in [-0.25, -0.2) is 0 Å². The van der Waals surface area contributed by atoms with Crippen LogP contribution in [-0.2, 0) is 10.0 Å². The fourth-order valence-corrected chi connectivity index (χ4v) is 5.35. The molecular weight excluding hydrogens is 327 g/mol. The van der Waals surface area contributed by atoms with Crippen LogP contribution in [0.5, 0.6) is 0 Å². The van der Waals surface area contributed by atoms with Gasteiger partial charge in [0.05, 0.1) is 11.2 Å². The van der Waals surface area contributed by atoms with Gasteiger partial charge in [-0.2, -0.15) is 26.0 Å². The molecule has 0 aromatic heterocycles. The van der Waals surface area contributed by atoms with E-state index in [0.29, 0.717) is 12.8 Å². The first-order valence-corrected chi connectivity index (χ1v) is 8.26. The number of nitrogens with zero attached hydrogens (tertiary/aromatic N) is 1. The van der Waals surface area contributed by atoms with E-state index < -0.39 is 38.0 Å². The molecule has 4 fully saturated rings. The normalized spacial score (nSPS) is 45.3. The largest absolute Gasteiger partial charge is 0.861 e. The van der Waals surface area contributed by atoms with Crippen LogP contribution >= 0.6 is 0 Å². The van der Waals surface area contributed by atoms with Crippen molar-refractivity contribution in [2.45, 2.75) is 55.2 Å². The Kier molecular flexibility index (Phi) is 3.02. The summed E-state index contributed by atoms with van der Waals surface area (Å²) < 4.78 is 61.7. The van der Waals surface area contributed by atoms with Crippen molar-refractivity contribution in [1.82, 2.24) is 0 Å². The van der Waals surface area contributed by atoms with Gasteiger partial charge in [-0.05, 0) is 43.9 Å². The Bertz CT molecular complexity index is 626. The highest BCUT2D eigenvalue weighted by atomic mass is 32.2. The number of alkyl halides is 3. The Morgan fingerprint density at radius 1 is 1.09 bits per heavy atom. The lowest BCUT2D eigenvalue weighted by molar-refractivity contribution is -0.269. The lowest BCUT2D eigenvalue weighted by Gasteiger charge is -2.64. The van der Waals surface area contributed by atoms with Crippen LogP contribution in [-0.4, -0.2) is 41.2 Å². The first-order chi connectivity index (χ1) is 9.78. The van der Waals surface area contributed by atoms with Crippen LogP contribution in [0, 0.1) is 11.3 Å². The van der Waals surface area contributed by atoms with E-state index in [0.717, 1.165) is 0 Å². The van der Waals surface area contributed by atoms with E-state index in [4.69, 9.17) is 0 Å². The molecule has 10 heteroatoms. The van der Waals surface area contributed by atoms with Crippen LogP contribution in [0.3, 0.4) is 0 Å². The number of sulfonamides is 1. The van der Waals surface area contributed by atoms with Crippen molar-refractivity contribution in [3.05, 3.63) is 0 Å². The predicted molar refractivity (Wildman–Crippen MR) is 65.9 cm³/mol.